The number of rotatable bonds is 3. The van der Waals surface area contributed by atoms with Gasteiger partial charge in [-0.1, -0.05) is 13.8 Å². The number of hydrogen-bond acceptors (Lipinski definition) is 1. The van der Waals surface area contributed by atoms with Crippen LogP contribution in [0.3, 0.4) is 0 Å². The SMILES string of the molecule is Cc1cc(NCC(C)C)ccc1I. The standard InChI is InChI=1S/C11H16IN/c1-8(2)7-13-10-4-5-11(12)9(3)6-10/h4-6,8,13H,7H2,1-3H3. The third kappa shape index (κ3) is 3.55. The summed E-state index contributed by atoms with van der Waals surface area (Å²) in [6, 6.07) is 6.49. The Morgan fingerprint density at radius 1 is 1.38 bits per heavy atom. The first-order valence-electron chi connectivity index (χ1n) is 4.59. The number of nitrogens with one attached hydrogen (secondary N) is 1. The first kappa shape index (κ1) is 10.8. The number of halogens is 1. The molecule has 0 atom stereocenters. The fourth-order valence-corrected chi connectivity index (χ4v) is 1.41. The maximum absolute atomic E-state index is 3.41. The van der Waals surface area contributed by atoms with Crippen LogP contribution < -0.4 is 5.32 Å². The van der Waals surface area contributed by atoms with Gasteiger partial charge in [0, 0.05) is 15.8 Å². The van der Waals surface area contributed by atoms with Crippen molar-refractivity contribution in [2.75, 3.05) is 11.9 Å². The highest BCUT2D eigenvalue weighted by molar-refractivity contribution is 14.1. The van der Waals surface area contributed by atoms with Gasteiger partial charge in [0.15, 0.2) is 0 Å². The Morgan fingerprint density at radius 3 is 2.62 bits per heavy atom. The molecule has 0 radical (unpaired) electrons. The third-order valence-corrected chi connectivity index (χ3v) is 3.08. The van der Waals surface area contributed by atoms with Gasteiger partial charge < -0.3 is 5.32 Å². The summed E-state index contributed by atoms with van der Waals surface area (Å²) in [6.07, 6.45) is 0. The van der Waals surface area contributed by atoms with E-state index >= 15 is 0 Å². The van der Waals surface area contributed by atoms with Crippen molar-refractivity contribution in [3.05, 3.63) is 27.3 Å². The highest BCUT2D eigenvalue weighted by atomic mass is 127. The van der Waals surface area contributed by atoms with Gasteiger partial charge in [0.2, 0.25) is 0 Å². The van der Waals surface area contributed by atoms with Gasteiger partial charge in [0.05, 0.1) is 0 Å². The first-order valence-corrected chi connectivity index (χ1v) is 5.67. The molecular weight excluding hydrogens is 273 g/mol. The van der Waals surface area contributed by atoms with Crippen LogP contribution in [0, 0.1) is 16.4 Å². The van der Waals surface area contributed by atoms with Gasteiger partial charge in [-0.15, -0.1) is 0 Å². The molecule has 0 fully saturated rings. The molecule has 13 heavy (non-hydrogen) atoms. The molecule has 0 aromatic heterocycles. The molecule has 1 aromatic rings. The summed E-state index contributed by atoms with van der Waals surface area (Å²) in [5, 5.41) is 3.41. The van der Waals surface area contributed by atoms with Crippen molar-refractivity contribution in [1.82, 2.24) is 0 Å². The van der Waals surface area contributed by atoms with Crippen molar-refractivity contribution in [3.63, 3.8) is 0 Å². The summed E-state index contributed by atoms with van der Waals surface area (Å²) >= 11 is 2.36. The van der Waals surface area contributed by atoms with Gasteiger partial charge >= 0.3 is 0 Å². The fourth-order valence-electron chi connectivity index (χ4n) is 1.08. The molecular formula is C11H16IN. The average Bonchev–Trinajstić information content (AvgIpc) is 2.07. The molecule has 2 heteroatoms. The van der Waals surface area contributed by atoms with Crippen LogP contribution in [0.5, 0.6) is 0 Å². The molecule has 0 heterocycles. The first-order chi connectivity index (χ1) is 6.09. The van der Waals surface area contributed by atoms with E-state index in [1.807, 2.05) is 0 Å². The molecule has 72 valence electrons. The summed E-state index contributed by atoms with van der Waals surface area (Å²) in [4.78, 5) is 0. The Balaban J connectivity index is 2.63. The highest BCUT2D eigenvalue weighted by Gasteiger charge is 1.97. The lowest BCUT2D eigenvalue weighted by Crippen LogP contribution is -2.07. The molecule has 0 saturated carbocycles. The molecule has 0 aliphatic carbocycles. The Morgan fingerprint density at radius 2 is 2.08 bits per heavy atom. The molecule has 1 rings (SSSR count). The van der Waals surface area contributed by atoms with E-state index in [2.05, 4.69) is 66.9 Å². The highest BCUT2D eigenvalue weighted by Crippen LogP contribution is 2.16. The minimum absolute atomic E-state index is 0.694. The van der Waals surface area contributed by atoms with Crippen molar-refractivity contribution in [2.45, 2.75) is 20.8 Å². The van der Waals surface area contributed by atoms with E-state index in [-0.39, 0.29) is 0 Å². The van der Waals surface area contributed by atoms with E-state index in [0.717, 1.165) is 6.54 Å². The van der Waals surface area contributed by atoms with Crippen LogP contribution in [0.2, 0.25) is 0 Å². The van der Waals surface area contributed by atoms with E-state index < -0.39 is 0 Å². The number of aryl methyl sites for hydroxylation is 1. The van der Waals surface area contributed by atoms with Crippen LogP contribution in [-0.2, 0) is 0 Å². The number of anilines is 1. The largest absolute Gasteiger partial charge is 0.385 e. The number of hydrogen-bond donors (Lipinski definition) is 1. The molecule has 1 aromatic carbocycles. The summed E-state index contributed by atoms with van der Waals surface area (Å²) in [6.45, 7) is 7.61. The molecule has 0 aliphatic rings. The van der Waals surface area contributed by atoms with E-state index in [4.69, 9.17) is 0 Å². The zero-order valence-electron chi connectivity index (χ0n) is 8.39. The molecule has 0 spiro atoms. The van der Waals surface area contributed by atoms with Crippen molar-refractivity contribution >= 4 is 28.3 Å². The lowest BCUT2D eigenvalue weighted by Gasteiger charge is -2.09. The topological polar surface area (TPSA) is 12.0 Å². The second kappa shape index (κ2) is 4.84. The van der Waals surface area contributed by atoms with Gasteiger partial charge in [-0.05, 0) is 59.2 Å². The quantitative estimate of drug-likeness (QED) is 0.837. The van der Waals surface area contributed by atoms with E-state index in [9.17, 15) is 0 Å². The summed E-state index contributed by atoms with van der Waals surface area (Å²) in [5.74, 6) is 0.694. The molecule has 0 bridgehead atoms. The minimum Gasteiger partial charge on any atom is -0.385 e. The van der Waals surface area contributed by atoms with Gasteiger partial charge in [-0.2, -0.15) is 0 Å². The van der Waals surface area contributed by atoms with Crippen molar-refractivity contribution < 1.29 is 0 Å². The average molecular weight is 289 g/mol. The van der Waals surface area contributed by atoms with Crippen LogP contribution in [0.4, 0.5) is 5.69 Å². The molecule has 0 aliphatic heterocycles. The second-order valence-electron chi connectivity index (χ2n) is 3.74. The van der Waals surface area contributed by atoms with Crippen LogP contribution in [0.15, 0.2) is 18.2 Å². The molecule has 0 unspecified atom stereocenters. The van der Waals surface area contributed by atoms with Gasteiger partial charge in [-0.3, -0.25) is 0 Å². The van der Waals surface area contributed by atoms with Gasteiger partial charge in [-0.25, -0.2) is 0 Å². The Kier molecular flexibility index (Phi) is 4.03. The molecule has 1 nitrogen and oxygen atoms in total. The summed E-state index contributed by atoms with van der Waals surface area (Å²) in [7, 11) is 0. The van der Waals surface area contributed by atoms with Crippen LogP contribution >= 0.6 is 22.6 Å². The second-order valence-corrected chi connectivity index (χ2v) is 4.90. The van der Waals surface area contributed by atoms with Crippen molar-refractivity contribution in [3.8, 4) is 0 Å². The smallest absolute Gasteiger partial charge is 0.0343 e. The van der Waals surface area contributed by atoms with Gasteiger partial charge in [0.1, 0.15) is 0 Å². The Labute approximate surface area is 94.1 Å². The van der Waals surface area contributed by atoms with Crippen molar-refractivity contribution in [2.24, 2.45) is 5.92 Å². The monoisotopic (exact) mass is 289 g/mol. The van der Waals surface area contributed by atoms with Crippen LogP contribution in [0.25, 0.3) is 0 Å². The maximum atomic E-state index is 3.41. The van der Waals surface area contributed by atoms with Crippen molar-refractivity contribution in [1.29, 1.82) is 0 Å². The van der Waals surface area contributed by atoms with E-state index in [0.29, 0.717) is 5.92 Å². The summed E-state index contributed by atoms with van der Waals surface area (Å²) in [5.41, 5.74) is 2.57. The zero-order valence-corrected chi connectivity index (χ0v) is 10.6. The molecule has 0 amide bonds. The molecule has 1 N–H and O–H groups in total. The minimum atomic E-state index is 0.694. The Hall–Kier alpha value is -0.250. The third-order valence-electron chi connectivity index (χ3n) is 1.87. The van der Waals surface area contributed by atoms with Crippen LogP contribution in [0.1, 0.15) is 19.4 Å². The lowest BCUT2D eigenvalue weighted by atomic mass is 10.2. The Bertz CT molecular complexity index is 281. The van der Waals surface area contributed by atoms with E-state index in [1.165, 1.54) is 14.8 Å². The predicted octanol–water partition coefficient (Wildman–Crippen LogP) is 3.67. The van der Waals surface area contributed by atoms with E-state index in [1.54, 1.807) is 0 Å². The number of benzene rings is 1. The zero-order chi connectivity index (χ0) is 9.84. The van der Waals surface area contributed by atoms with Crippen LogP contribution in [-0.4, -0.2) is 6.54 Å². The maximum Gasteiger partial charge on any atom is 0.0343 e. The van der Waals surface area contributed by atoms with Gasteiger partial charge in [0.25, 0.3) is 0 Å². The fraction of sp³-hybridized carbons (Fsp3) is 0.455. The molecule has 0 saturated heterocycles. The normalized spacial score (nSPS) is 10.5. The predicted molar refractivity (Wildman–Crippen MR) is 67.2 cm³/mol. The summed E-state index contributed by atoms with van der Waals surface area (Å²) < 4.78 is 1.33. The lowest BCUT2D eigenvalue weighted by molar-refractivity contribution is 0.689.